The van der Waals surface area contributed by atoms with Gasteiger partial charge in [-0.05, 0) is 38.3 Å². The van der Waals surface area contributed by atoms with Gasteiger partial charge in [0.1, 0.15) is 27.4 Å². The number of ether oxygens (including phenoxy) is 2. The quantitative estimate of drug-likeness (QED) is 0.185. The van der Waals surface area contributed by atoms with Crippen molar-refractivity contribution in [2.75, 3.05) is 75.2 Å². The molecule has 1 aromatic heterocycles. The van der Waals surface area contributed by atoms with Crippen molar-refractivity contribution in [1.29, 1.82) is 0 Å². The van der Waals surface area contributed by atoms with Crippen LogP contribution in [-0.4, -0.2) is 110 Å². The Hall–Kier alpha value is -3.32. The van der Waals surface area contributed by atoms with E-state index >= 15 is 0 Å². The van der Waals surface area contributed by atoms with Crippen LogP contribution in [0.4, 0.5) is 22.2 Å². The molecule has 2 aliphatic heterocycles. The molecule has 3 atom stereocenters. The van der Waals surface area contributed by atoms with Gasteiger partial charge in [-0.1, -0.05) is 62.9 Å². The Bertz CT molecular complexity index is 1490. The molecule has 14 heteroatoms. The zero-order valence-corrected chi connectivity index (χ0v) is 31.6. The van der Waals surface area contributed by atoms with E-state index in [0.717, 1.165) is 89.8 Å². The first kappa shape index (κ1) is 37.9. The van der Waals surface area contributed by atoms with Crippen LogP contribution in [0.1, 0.15) is 64.4 Å². The first-order valence-electron chi connectivity index (χ1n) is 17.8. The molecule has 3 unspecified atom stereocenters. The fourth-order valence-corrected chi connectivity index (χ4v) is 8.23. The van der Waals surface area contributed by atoms with Gasteiger partial charge in [-0.3, -0.25) is 19.5 Å². The van der Waals surface area contributed by atoms with Crippen LogP contribution in [0.3, 0.4) is 0 Å². The highest BCUT2D eigenvalue weighted by atomic mass is 35.5. The summed E-state index contributed by atoms with van der Waals surface area (Å²) in [7, 11) is 4.68. The highest BCUT2D eigenvalue weighted by molar-refractivity contribution is 6.42. The summed E-state index contributed by atoms with van der Waals surface area (Å²) in [5, 5.41) is 3.69. The fourth-order valence-electron chi connectivity index (χ4n) is 7.52. The van der Waals surface area contributed by atoms with Crippen molar-refractivity contribution in [1.82, 2.24) is 25.1 Å². The zero-order chi connectivity index (χ0) is 35.9. The molecule has 2 aromatic rings. The molecule has 2 fully saturated rings. The summed E-state index contributed by atoms with van der Waals surface area (Å²) in [4.78, 5) is 47.1. The van der Waals surface area contributed by atoms with Crippen LogP contribution in [-0.2, 0) is 11.3 Å². The summed E-state index contributed by atoms with van der Waals surface area (Å²) in [6, 6.07) is 1.49. The van der Waals surface area contributed by atoms with Crippen LogP contribution in [0.25, 0.3) is 0 Å². The number of nitrogens with zero attached hydrogens (tertiary/aromatic N) is 7. The summed E-state index contributed by atoms with van der Waals surface area (Å²) >= 11 is 13.4. The number of aromatic nitrogens is 2. The van der Waals surface area contributed by atoms with Crippen LogP contribution >= 0.6 is 23.2 Å². The number of benzene rings is 1. The third kappa shape index (κ3) is 8.09. The van der Waals surface area contributed by atoms with E-state index in [2.05, 4.69) is 40.4 Å². The Morgan fingerprint density at radius 3 is 2.40 bits per heavy atom. The maximum atomic E-state index is 14.0. The number of unbranched alkanes of at least 4 members (excludes halogenated alkanes) is 3. The van der Waals surface area contributed by atoms with E-state index in [9.17, 15) is 9.59 Å². The molecule has 1 saturated heterocycles. The SMILES string of the molecule is C=CC(=O)NC1CC(N2CCN(CC)CC2)CCC1N(CCCCCC)c1ncc2c(n1)N(C)C(=O)N(c1c(Cl)c(OC)cc(OC)c1Cl)C2. The smallest absolute Gasteiger partial charge is 0.330 e. The number of likely N-dealkylation sites (N-methyl/N-ethyl adjacent to an activating group) is 1. The zero-order valence-electron chi connectivity index (χ0n) is 30.1. The van der Waals surface area contributed by atoms with Crippen LogP contribution in [0.15, 0.2) is 24.9 Å². The molecule has 274 valence electrons. The molecule has 1 aliphatic carbocycles. The Kier molecular flexibility index (Phi) is 13.1. The Labute approximate surface area is 306 Å². The minimum Gasteiger partial charge on any atom is -0.495 e. The van der Waals surface area contributed by atoms with E-state index in [4.69, 9.17) is 42.6 Å². The standard InChI is InChI=1S/C36H52Cl2N8O4/c1-7-10-11-12-15-45(27-14-13-25(20-26(27)40-30(47)8-2)44-18-16-43(9-3)17-19-44)35-39-22-24-23-46(36(48)42(4)34(24)41-35)33-31(37)28(49-5)21-29(50-6)32(33)38/h8,21-22,25-27H,2,7,9-20,23H2,1,3-6H3,(H,40,47). The lowest BCUT2D eigenvalue weighted by Crippen LogP contribution is -2.60. The first-order valence-corrected chi connectivity index (χ1v) is 18.6. The van der Waals surface area contributed by atoms with E-state index in [0.29, 0.717) is 35.0 Å². The lowest BCUT2D eigenvalue weighted by Gasteiger charge is -2.47. The number of hydrogen-bond acceptors (Lipinski definition) is 9. The van der Waals surface area contributed by atoms with Crippen LogP contribution in [0.5, 0.6) is 11.5 Å². The molecule has 0 bridgehead atoms. The fraction of sp³-hybridized carbons (Fsp3) is 0.611. The summed E-state index contributed by atoms with van der Waals surface area (Å²) in [6.45, 7) is 14.3. The van der Waals surface area contributed by atoms with Crippen molar-refractivity contribution in [3.05, 3.63) is 40.5 Å². The van der Waals surface area contributed by atoms with Gasteiger partial charge in [0.15, 0.2) is 0 Å². The summed E-state index contributed by atoms with van der Waals surface area (Å²) in [5.41, 5.74) is 1.03. The van der Waals surface area contributed by atoms with Gasteiger partial charge in [-0.15, -0.1) is 0 Å². The number of anilines is 3. The Morgan fingerprint density at radius 1 is 1.08 bits per heavy atom. The van der Waals surface area contributed by atoms with Crippen LogP contribution < -0.4 is 29.5 Å². The van der Waals surface area contributed by atoms with Crippen molar-refractivity contribution >= 4 is 52.6 Å². The number of carbonyl (C=O) groups excluding carboxylic acids is 2. The van der Waals surface area contributed by atoms with Crippen molar-refractivity contribution in [2.24, 2.45) is 0 Å². The first-order chi connectivity index (χ1) is 24.1. The van der Waals surface area contributed by atoms with Gasteiger partial charge in [-0.2, -0.15) is 4.98 Å². The van der Waals surface area contributed by atoms with Gasteiger partial charge in [0.25, 0.3) is 0 Å². The van der Waals surface area contributed by atoms with Gasteiger partial charge in [0.2, 0.25) is 11.9 Å². The predicted molar refractivity (Wildman–Crippen MR) is 200 cm³/mol. The van der Waals surface area contributed by atoms with Crippen molar-refractivity contribution < 1.29 is 19.1 Å². The number of methoxy groups -OCH3 is 2. The van der Waals surface area contributed by atoms with E-state index in [1.165, 1.54) is 30.1 Å². The average molecular weight is 732 g/mol. The van der Waals surface area contributed by atoms with E-state index in [1.807, 2.05) is 0 Å². The Morgan fingerprint density at radius 2 is 1.78 bits per heavy atom. The molecular weight excluding hydrogens is 679 g/mol. The minimum absolute atomic E-state index is 0.0188. The van der Waals surface area contributed by atoms with Gasteiger partial charge in [0.05, 0.1) is 38.5 Å². The molecule has 12 nitrogen and oxygen atoms in total. The lowest BCUT2D eigenvalue weighted by molar-refractivity contribution is -0.117. The molecule has 3 amide bonds. The van der Waals surface area contributed by atoms with Crippen molar-refractivity contribution in [2.45, 2.75) is 83.5 Å². The molecule has 5 rings (SSSR count). The number of hydrogen-bond donors (Lipinski definition) is 1. The second kappa shape index (κ2) is 17.3. The van der Waals surface area contributed by atoms with E-state index < -0.39 is 0 Å². The largest absolute Gasteiger partial charge is 0.495 e. The van der Waals surface area contributed by atoms with Crippen molar-refractivity contribution in [3.63, 3.8) is 0 Å². The van der Waals surface area contributed by atoms with E-state index in [-0.39, 0.29) is 40.6 Å². The number of amides is 3. The van der Waals surface area contributed by atoms with Gasteiger partial charge in [0, 0.05) is 63.6 Å². The molecular formula is C36H52Cl2N8O4. The molecule has 0 radical (unpaired) electrons. The summed E-state index contributed by atoms with van der Waals surface area (Å²) in [6.07, 6.45) is 10.2. The third-order valence-corrected chi connectivity index (χ3v) is 11.1. The van der Waals surface area contributed by atoms with E-state index in [1.54, 1.807) is 19.3 Å². The van der Waals surface area contributed by atoms with Gasteiger partial charge < -0.3 is 24.6 Å². The molecule has 1 aromatic carbocycles. The van der Waals surface area contributed by atoms with Gasteiger partial charge in [-0.25, -0.2) is 9.78 Å². The second-order valence-electron chi connectivity index (χ2n) is 13.3. The molecule has 1 N–H and O–H groups in total. The number of halogens is 2. The number of fused-ring (bicyclic) bond motifs is 1. The maximum Gasteiger partial charge on any atom is 0.330 e. The van der Waals surface area contributed by atoms with Gasteiger partial charge >= 0.3 is 6.03 Å². The molecule has 1 saturated carbocycles. The average Bonchev–Trinajstić information content (AvgIpc) is 3.14. The third-order valence-electron chi connectivity index (χ3n) is 10.4. The number of carbonyl (C=O) groups is 2. The number of piperazine rings is 1. The molecule has 50 heavy (non-hydrogen) atoms. The topological polar surface area (TPSA) is 107 Å². The summed E-state index contributed by atoms with van der Waals surface area (Å²) in [5.74, 6) is 1.57. The minimum atomic E-state index is -0.351. The lowest BCUT2D eigenvalue weighted by atomic mass is 9.84. The number of nitrogens with one attached hydrogen (secondary N) is 1. The highest BCUT2D eigenvalue weighted by Gasteiger charge is 2.40. The molecule has 0 spiro atoms. The number of rotatable bonds is 14. The Balaban J connectivity index is 1.45. The van der Waals surface area contributed by atoms with Crippen molar-refractivity contribution in [3.8, 4) is 11.5 Å². The monoisotopic (exact) mass is 730 g/mol. The second-order valence-corrected chi connectivity index (χ2v) is 14.0. The molecule has 3 aliphatic rings. The van der Waals surface area contributed by atoms with Crippen LogP contribution in [0, 0.1) is 0 Å². The number of urea groups is 1. The predicted octanol–water partition coefficient (Wildman–Crippen LogP) is 5.99. The highest BCUT2D eigenvalue weighted by Crippen LogP contribution is 2.48. The molecule has 3 heterocycles. The maximum absolute atomic E-state index is 14.0. The normalized spacial score (nSPS) is 21.5. The summed E-state index contributed by atoms with van der Waals surface area (Å²) < 4.78 is 10.9. The van der Waals surface area contributed by atoms with Crippen LogP contribution in [0.2, 0.25) is 10.0 Å².